The molecule has 1 aliphatic rings. The molecule has 5 nitrogen and oxygen atoms in total. The maximum Gasteiger partial charge on any atom is 0.251 e. The fourth-order valence-electron chi connectivity index (χ4n) is 3.17. The Morgan fingerprint density at radius 3 is 2.42 bits per heavy atom. The molecular formula is C19H18F2N4O. The van der Waals surface area contributed by atoms with Gasteiger partial charge in [-0.1, -0.05) is 12.1 Å². The van der Waals surface area contributed by atoms with Crippen LogP contribution in [0.5, 0.6) is 5.88 Å². The second kappa shape index (κ2) is 6.48. The molecule has 0 saturated carbocycles. The number of benzene rings is 1. The number of rotatable bonds is 3. The average Bonchev–Trinajstić information content (AvgIpc) is 2.67. The molecule has 3 heterocycles. The molecule has 0 unspecified atom stereocenters. The van der Waals surface area contributed by atoms with Crippen LogP contribution < -0.4 is 9.64 Å². The summed E-state index contributed by atoms with van der Waals surface area (Å²) >= 11 is 0. The molecule has 1 aromatic carbocycles. The lowest BCUT2D eigenvalue weighted by molar-refractivity contribution is -0.0220. The molecule has 0 aliphatic carbocycles. The van der Waals surface area contributed by atoms with Crippen LogP contribution in [0.25, 0.3) is 22.3 Å². The lowest BCUT2D eigenvalue weighted by Crippen LogP contribution is -2.39. The molecule has 0 radical (unpaired) electrons. The average molecular weight is 356 g/mol. The second-order valence-electron chi connectivity index (χ2n) is 6.33. The molecule has 0 spiro atoms. The minimum absolute atomic E-state index is 0.100. The first-order valence-corrected chi connectivity index (χ1v) is 8.45. The van der Waals surface area contributed by atoms with E-state index in [4.69, 9.17) is 4.74 Å². The first-order chi connectivity index (χ1) is 12.6. The summed E-state index contributed by atoms with van der Waals surface area (Å²) in [6, 6.07) is 9.61. The third-order valence-corrected chi connectivity index (χ3v) is 4.64. The number of anilines is 1. The molecule has 26 heavy (non-hydrogen) atoms. The van der Waals surface area contributed by atoms with E-state index in [-0.39, 0.29) is 12.8 Å². The zero-order valence-electron chi connectivity index (χ0n) is 14.3. The van der Waals surface area contributed by atoms with Gasteiger partial charge in [0, 0.05) is 49.6 Å². The Balaban J connectivity index is 1.62. The zero-order chi connectivity index (χ0) is 18.1. The van der Waals surface area contributed by atoms with Crippen LogP contribution in [0.2, 0.25) is 0 Å². The molecule has 2 aromatic heterocycles. The van der Waals surface area contributed by atoms with E-state index < -0.39 is 5.92 Å². The molecular weight excluding hydrogens is 338 g/mol. The quantitative estimate of drug-likeness (QED) is 0.712. The molecule has 0 amide bonds. The maximum atomic E-state index is 13.3. The standard InChI is InChI=1S/C19H18F2N4O/c1-26-18-17-16(22-8-9-23-17)12-15(24-18)13-2-4-14(5-3-13)25-10-6-19(20,21)7-11-25/h2-5,8-9,12H,6-7,10-11H2,1H3. The van der Waals surface area contributed by atoms with Crippen molar-refractivity contribution >= 4 is 16.7 Å². The topological polar surface area (TPSA) is 51.1 Å². The molecule has 1 fully saturated rings. The number of methoxy groups -OCH3 is 1. The van der Waals surface area contributed by atoms with Gasteiger partial charge in [0.15, 0.2) is 5.52 Å². The van der Waals surface area contributed by atoms with Crippen molar-refractivity contribution in [3.8, 4) is 17.1 Å². The van der Waals surface area contributed by atoms with Gasteiger partial charge in [-0.2, -0.15) is 0 Å². The van der Waals surface area contributed by atoms with E-state index in [1.807, 2.05) is 35.2 Å². The molecule has 0 N–H and O–H groups in total. The van der Waals surface area contributed by atoms with Crippen LogP contribution in [-0.2, 0) is 0 Å². The fourth-order valence-corrected chi connectivity index (χ4v) is 3.17. The third kappa shape index (κ3) is 3.16. The predicted molar refractivity (Wildman–Crippen MR) is 95.7 cm³/mol. The first-order valence-electron chi connectivity index (χ1n) is 8.45. The monoisotopic (exact) mass is 356 g/mol. The molecule has 4 rings (SSSR count). The lowest BCUT2D eigenvalue weighted by Gasteiger charge is -2.33. The summed E-state index contributed by atoms with van der Waals surface area (Å²) in [7, 11) is 1.55. The van der Waals surface area contributed by atoms with E-state index in [1.165, 1.54) is 0 Å². The van der Waals surface area contributed by atoms with E-state index in [2.05, 4.69) is 15.0 Å². The van der Waals surface area contributed by atoms with Gasteiger partial charge in [0.05, 0.1) is 18.3 Å². The van der Waals surface area contributed by atoms with Gasteiger partial charge in [0.25, 0.3) is 5.92 Å². The summed E-state index contributed by atoms with van der Waals surface area (Å²) in [6.45, 7) is 0.730. The molecule has 0 bridgehead atoms. The number of nitrogens with zero attached hydrogens (tertiary/aromatic N) is 4. The van der Waals surface area contributed by atoms with Gasteiger partial charge in [-0.15, -0.1) is 0 Å². The van der Waals surface area contributed by atoms with Gasteiger partial charge < -0.3 is 9.64 Å². The zero-order valence-corrected chi connectivity index (χ0v) is 14.3. The lowest BCUT2D eigenvalue weighted by atomic mass is 10.0. The van der Waals surface area contributed by atoms with Gasteiger partial charge in [-0.05, 0) is 18.2 Å². The molecule has 3 aromatic rings. The summed E-state index contributed by atoms with van der Waals surface area (Å²) < 4.78 is 32.0. The van der Waals surface area contributed by atoms with Crippen molar-refractivity contribution in [2.24, 2.45) is 0 Å². The van der Waals surface area contributed by atoms with Crippen LogP contribution in [0.1, 0.15) is 12.8 Å². The predicted octanol–water partition coefficient (Wildman–Crippen LogP) is 3.94. The van der Waals surface area contributed by atoms with Gasteiger partial charge in [-0.3, -0.25) is 4.98 Å². The number of hydrogen-bond acceptors (Lipinski definition) is 5. The van der Waals surface area contributed by atoms with Crippen molar-refractivity contribution < 1.29 is 13.5 Å². The highest BCUT2D eigenvalue weighted by molar-refractivity contribution is 5.83. The van der Waals surface area contributed by atoms with E-state index in [0.29, 0.717) is 30.0 Å². The maximum absolute atomic E-state index is 13.3. The molecule has 134 valence electrons. The Labute approximate surface area is 149 Å². The van der Waals surface area contributed by atoms with Crippen molar-refractivity contribution in [1.29, 1.82) is 0 Å². The first kappa shape index (κ1) is 16.6. The van der Waals surface area contributed by atoms with Gasteiger partial charge in [-0.25, -0.2) is 18.7 Å². The highest BCUT2D eigenvalue weighted by Gasteiger charge is 2.33. The van der Waals surface area contributed by atoms with Gasteiger partial charge in [0.1, 0.15) is 0 Å². The van der Waals surface area contributed by atoms with Crippen molar-refractivity contribution in [2.75, 3.05) is 25.1 Å². The summed E-state index contributed by atoms with van der Waals surface area (Å²) in [5.41, 5.74) is 3.90. The number of piperidine rings is 1. The van der Waals surface area contributed by atoms with Crippen LogP contribution >= 0.6 is 0 Å². The second-order valence-corrected chi connectivity index (χ2v) is 6.33. The number of hydrogen-bond donors (Lipinski definition) is 0. The number of pyridine rings is 1. The van der Waals surface area contributed by atoms with Crippen molar-refractivity contribution in [3.05, 3.63) is 42.7 Å². The minimum atomic E-state index is -2.54. The normalized spacial score (nSPS) is 16.7. The van der Waals surface area contributed by atoms with Gasteiger partial charge >= 0.3 is 0 Å². The molecule has 1 aliphatic heterocycles. The van der Waals surface area contributed by atoms with E-state index >= 15 is 0 Å². The highest BCUT2D eigenvalue weighted by Crippen LogP contribution is 2.32. The summed E-state index contributed by atoms with van der Waals surface area (Å²) in [5.74, 6) is -2.11. The highest BCUT2D eigenvalue weighted by atomic mass is 19.3. The smallest absolute Gasteiger partial charge is 0.251 e. The van der Waals surface area contributed by atoms with Crippen LogP contribution in [0.3, 0.4) is 0 Å². The van der Waals surface area contributed by atoms with E-state index in [9.17, 15) is 8.78 Å². The van der Waals surface area contributed by atoms with Crippen LogP contribution in [0.15, 0.2) is 42.7 Å². The Morgan fingerprint density at radius 2 is 1.73 bits per heavy atom. The van der Waals surface area contributed by atoms with Crippen LogP contribution in [0.4, 0.5) is 14.5 Å². The summed E-state index contributed by atoms with van der Waals surface area (Å²) in [5, 5.41) is 0. The SMILES string of the molecule is COc1nc(-c2ccc(N3CCC(F)(F)CC3)cc2)cc2nccnc12. The Hall–Kier alpha value is -2.83. The summed E-state index contributed by atoms with van der Waals surface area (Å²) in [6.07, 6.45) is 3.03. The fraction of sp³-hybridized carbons (Fsp3) is 0.316. The Kier molecular flexibility index (Phi) is 4.14. The van der Waals surface area contributed by atoms with E-state index in [0.717, 1.165) is 16.9 Å². The van der Waals surface area contributed by atoms with Crippen molar-refractivity contribution in [3.63, 3.8) is 0 Å². The van der Waals surface area contributed by atoms with Crippen LogP contribution in [-0.4, -0.2) is 41.1 Å². The third-order valence-electron chi connectivity index (χ3n) is 4.64. The Morgan fingerprint density at radius 1 is 1.04 bits per heavy atom. The van der Waals surface area contributed by atoms with Crippen LogP contribution in [0, 0.1) is 0 Å². The minimum Gasteiger partial charge on any atom is -0.479 e. The number of fused-ring (bicyclic) bond motifs is 1. The Bertz CT molecular complexity index is 920. The van der Waals surface area contributed by atoms with E-state index in [1.54, 1.807) is 19.5 Å². The number of alkyl halides is 2. The van der Waals surface area contributed by atoms with Crippen molar-refractivity contribution in [2.45, 2.75) is 18.8 Å². The van der Waals surface area contributed by atoms with Crippen molar-refractivity contribution in [1.82, 2.24) is 15.0 Å². The largest absolute Gasteiger partial charge is 0.479 e. The molecule has 7 heteroatoms. The summed E-state index contributed by atoms with van der Waals surface area (Å²) in [4.78, 5) is 15.1. The van der Waals surface area contributed by atoms with Gasteiger partial charge in [0.2, 0.25) is 5.88 Å². The molecule has 1 saturated heterocycles. The number of halogens is 2. The number of aromatic nitrogens is 3. The number of ether oxygens (including phenoxy) is 1. The molecule has 0 atom stereocenters.